The fraction of sp³-hybridized carbons (Fsp3) is 0.120. The second-order valence-corrected chi connectivity index (χ2v) is 7.67. The molecule has 3 aromatic carbocycles. The molecule has 0 bridgehead atoms. The van der Waals surface area contributed by atoms with Crippen molar-refractivity contribution in [3.8, 4) is 0 Å². The molecular weight excluding hydrogens is 450 g/mol. The number of hydrogen-bond donors (Lipinski definition) is 2. The largest absolute Gasteiger partial charge is 0.418 e. The maximum absolute atomic E-state index is 13.8. The lowest BCUT2D eigenvalue weighted by Crippen LogP contribution is -2.22. The summed E-state index contributed by atoms with van der Waals surface area (Å²) in [5.41, 5.74) is -0.499. The summed E-state index contributed by atoms with van der Waals surface area (Å²) in [6.07, 6.45) is -4.81. The Balaban J connectivity index is 1.57. The fourth-order valence-corrected chi connectivity index (χ4v) is 3.70. The molecule has 1 heterocycles. The van der Waals surface area contributed by atoms with Crippen molar-refractivity contribution in [3.05, 3.63) is 95.4 Å². The van der Waals surface area contributed by atoms with Gasteiger partial charge in [-0.25, -0.2) is 4.39 Å². The van der Waals surface area contributed by atoms with Gasteiger partial charge in [-0.15, -0.1) is 0 Å². The molecule has 34 heavy (non-hydrogen) atoms. The number of carbonyl (C=O) groups is 2. The molecule has 2 amide bonds. The van der Waals surface area contributed by atoms with Crippen molar-refractivity contribution in [3.63, 3.8) is 0 Å². The van der Waals surface area contributed by atoms with Gasteiger partial charge in [0.1, 0.15) is 12.4 Å². The molecule has 0 spiro atoms. The van der Waals surface area contributed by atoms with Crippen molar-refractivity contribution < 1.29 is 27.2 Å². The van der Waals surface area contributed by atoms with E-state index >= 15 is 0 Å². The van der Waals surface area contributed by atoms with Crippen molar-refractivity contribution in [2.75, 3.05) is 10.6 Å². The summed E-state index contributed by atoms with van der Waals surface area (Å²) in [6.45, 7) is 1.63. The van der Waals surface area contributed by atoms with Gasteiger partial charge in [0.2, 0.25) is 5.91 Å². The fourth-order valence-electron chi connectivity index (χ4n) is 3.70. The topological polar surface area (TPSA) is 63.1 Å². The molecule has 0 atom stereocenters. The molecule has 2 N–H and O–H groups in total. The van der Waals surface area contributed by atoms with Crippen molar-refractivity contribution in [1.82, 2.24) is 4.57 Å². The van der Waals surface area contributed by atoms with Crippen LogP contribution >= 0.6 is 0 Å². The molecule has 1 aromatic heterocycles. The summed E-state index contributed by atoms with van der Waals surface area (Å²) in [7, 11) is 0. The monoisotopic (exact) mass is 469 g/mol. The molecule has 0 saturated carbocycles. The Morgan fingerprint density at radius 2 is 1.62 bits per heavy atom. The van der Waals surface area contributed by atoms with E-state index in [1.807, 2.05) is 37.3 Å². The maximum Gasteiger partial charge on any atom is 0.418 e. The van der Waals surface area contributed by atoms with Crippen molar-refractivity contribution in [2.45, 2.75) is 19.6 Å². The van der Waals surface area contributed by atoms with Crippen LogP contribution in [-0.2, 0) is 17.5 Å². The number of rotatable bonds is 5. The van der Waals surface area contributed by atoms with Crippen molar-refractivity contribution in [2.24, 2.45) is 0 Å². The third kappa shape index (κ3) is 4.78. The van der Waals surface area contributed by atoms with E-state index in [2.05, 4.69) is 10.6 Å². The van der Waals surface area contributed by atoms with Crippen LogP contribution in [0, 0.1) is 12.7 Å². The molecule has 0 saturated heterocycles. The summed E-state index contributed by atoms with van der Waals surface area (Å²) < 4.78 is 56.7. The molecule has 9 heteroatoms. The molecule has 0 aliphatic rings. The molecule has 4 rings (SSSR count). The second-order valence-electron chi connectivity index (χ2n) is 7.67. The molecular formula is C25H19F4N3O2. The first-order valence-electron chi connectivity index (χ1n) is 10.3. The predicted octanol–water partition coefficient (Wildman–Crippen LogP) is 6.00. The minimum atomic E-state index is -4.81. The molecule has 0 aliphatic carbocycles. The van der Waals surface area contributed by atoms with E-state index in [-0.39, 0.29) is 17.8 Å². The maximum atomic E-state index is 13.8. The van der Waals surface area contributed by atoms with Gasteiger partial charge < -0.3 is 15.2 Å². The van der Waals surface area contributed by atoms with Crippen LogP contribution in [0.3, 0.4) is 0 Å². The van der Waals surface area contributed by atoms with Crippen LogP contribution in [0.2, 0.25) is 0 Å². The van der Waals surface area contributed by atoms with E-state index in [0.29, 0.717) is 6.07 Å². The van der Waals surface area contributed by atoms with E-state index in [9.17, 15) is 27.2 Å². The first-order chi connectivity index (χ1) is 16.1. The predicted molar refractivity (Wildman–Crippen MR) is 121 cm³/mol. The third-order valence-electron chi connectivity index (χ3n) is 5.29. The van der Waals surface area contributed by atoms with E-state index in [1.54, 1.807) is 4.57 Å². The molecule has 0 fully saturated rings. The number of benzene rings is 3. The number of aryl methyl sites for hydroxylation is 1. The smallest absolute Gasteiger partial charge is 0.335 e. The first-order valence-corrected chi connectivity index (χ1v) is 10.3. The summed E-state index contributed by atoms with van der Waals surface area (Å²) in [5.74, 6) is -2.33. The number of hydrogen-bond acceptors (Lipinski definition) is 2. The zero-order valence-corrected chi connectivity index (χ0v) is 17.9. The number of para-hydroxylation sites is 1. The number of aromatic nitrogens is 1. The Kier molecular flexibility index (Phi) is 6.10. The lowest BCUT2D eigenvalue weighted by molar-refractivity contribution is -0.136. The van der Waals surface area contributed by atoms with Crippen LogP contribution in [0.4, 0.5) is 28.9 Å². The van der Waals surface area contributed by atoms with Gasteiger partial charge in [-0.2, -0.15) is 13.2 Å². The van der Waals surface area contributed by atoms with E-state index in [0.717, 1.165) is 28.7 Å². The standard InChI is InChI=1S/C25H19F4N3O2/c1-15-12-16-6-2-5-9-22(16)32(15)14-23(33)31-21-11-10-17(13-19(21)25(27,28)29)30-24(34)18-7-3-4-8-20(18)26/h2-13H,14H2,1H3,(H,30,34)(H,31,33). The van der Waals surface area contributed by atoms with Crippen LogP contribution in [0.1, 0.15) is 21.6 Å². The van der Waals surface area contributed by atoms with E-state index in [1.165, 1.54) is 24.3 Å². The van der Waals surface area contributed by atoms with Gasteiger partial charge in [0.15, 0.2) is 0 Å². The minimum Gasteiger partial charge on any atom is -0.335 e. The third-order valence-corrected chi connectivity index (χ3v) is 5.29. The zero-order chi connectivity index (χ0) is 24.5. The summed E-state index contributed by atoms with van der Waals surface area (Å²) in [5, 5.41) is 5.49. The average Bonchev–Trinajstić information content (AvgIpc) is 3.09. The molecule has 4 aromatic rings. The molecule has 0 radical (unpaired) electrons. The summed E-state index contributed by atoms with van der Waals surface area (Å²) in [6, 6.07) is 17.3. The number of alkyl halides is 3. The lowest BCUT2D eigenvalue weighted by atomic mass is 10.1. The number of fused-ring (bicyclic) bond motifs is 1. The Labute approximate surface area is 192 Å². The van der Waals surface area contributed by atoms with Gasteiger partial charge in [-0.1, -0.05) is 30.3 Å². The first kappa shape index (κ1) is 23.0. The Bertz CT molecular complexity index is 1390. The van der Waals surface area contributed by atoms with Crippen molar-refractivity contribution >= 4 is 34.1 Å². The Hall–Kier alpha value is -4.14. The van der Waals surface area contributed by atoms with Crippen LogP contribution < -0.4 is 10.6 Å². The molecule has 174 valence electrons. The highest BCUT2D eigenvalue weighted by molar-refractivity contribution is 6.04. The second kappa shape index (κ2) is 9.01. The molecule has 5 nitrogen and oxygen atoms in total. The van der Waals surface area contributed by atoms with E-state index in [4.69, 9.17) is 0 Å². The van der Waals surface area contributed by atoms with Gasteiger partial charge in [0.05, 0.1) is 16.8 Å². The van der Waals surface area contributed by atoms with Crippen LogP contribution in [0.5, 0.6) is 0 Å². The summed E-state index contributed by atoms with van der Waals surface area (Å²) in [4.78, 5) is 24.9. The molecule has 0 aliphatic heterocycles. The normalized spacial score (nSPS) is 11.4. The van der Waals surface area contributed by atoms with E-state index < -0.39 is 35.1 Å². The van der Waals surface area contributed by atoms with Crippen LogP contribution in [0.25, 0.3) is 10.9 Å². The number of nitrogens with one attached hydrogen (secondary N) is 2. The number of anilines is 2. The van der Waals surface area contributed by atoms with Crippen LogP contribution in [0.15, 0.2) is 72.8 Å². The van der Waals surface area contributed by atoms with Crippen LogP contribution in [-0.4, -0.2) is 16.4 Å². The minimum absolute atomic E-state index is 0.178. The zero-order valence-electron chi connectivity index (χ0n) is 17.9. The SMILES string of the molecule is Cc1cc2ccccc2n1CC(=O)Nc1ccc(NC(=O)c2ccccc2F)cc1C(F)(F)F. The quantitative estimate of drug-likeness (QED) is 0.352. The Morgan fingerprint density at radius 1 is 0.912 bits per heavy atom. The number of amides is 2. The van der Waals surface area contributed by atoms with Gasteiger partial charge in [0, 0.05) is 16.9 Å². The van der Waals surface area contributed by atoms with Gasteiger partial charge >= 0.3 is 6.18 Å². The molecule has 0 unspecified atom stereocenters. The average molecular weight is 469 g/mol. The highest BCUT2D eigenvalue weighted by Gasteiger charge is 2.34. The van der Waals surface area contributed by atoms with Gasteiger partial charge in [-0.05, 0) is 54.8 Å². The van der Waals surface area contributed by atoms with Gasteiger partial charge in [0.25, 0.3) is 5.91 Å². The summed E-state index contributed by atoms with van der Waals surface area (Å²) >= 11 is 0. The number of carbonyl (C=O) groups excluding carboxylic acids is 2. The van der Waals surface area contributed by atoms with Gasteiger partial charge in [-0.3, -0.25) is 9.59 Å². The van der Waals surface area contributed by atoms with Crippen molar-refractivity contribution in [1.29, 1.82) is 0 Å². The Morgan fingerprint density at radius 3 is 2.35 bits per heavy atom. The highest BCUT2D eigenvalue weighted by Crippen LogP contribution is 2.37. The number of halogens is 4. The number of nitrogens with zero attached hydrogens (tertiary/aromatic N) is 1. The highest BCUT2D eigenvalue weighted by atomic mass is 19.4. The lowest BCUT2D eigenvalue weighted by Gasteiger charge is -2.16.